The number of halogens is 1. The molecule has 0 aromatic carbocycles. The Morgan fingerprint density at radius 1 is 1.29 bits per heavy atom. The second-order valence-electron chi connectivity index (χ2n) is 5.41. The highest BCUT2D eigenvalue weighted by Gasteiger charge is 2.34. The van der Waals surface area contributed by atoms with Crippen LogP contribution in [0.3, 0.4) is 0 Å². The average molecular weight is 278 g/mol. The largest absolute Gasteiger partial charge is 0.296 e. The van der Waals surface area contributed by atoms with Crippen molar-refractivity contribution in [3.8, 4) is 0 Å². The first-order valence-electron chi connectivity index (χ1n) is 5.61. The van der Waals surface area contributed by atoms with Crippen molar-refractivity contribution in [1.82, 2.24) is 14.8 Å². The summed E-state index contributed by atoms with van der Waals surface area (Å²) >= 11 is 0. The van der Waals surface area contributed by atoms with Gasteiger partial charge in [0.15, 0.2) is 0 Å². The number of rotatable bonds is 2. The van der Waals surface area contributed by atoms with Gasteiger partial charge in [-0.2, -0.15) is 0 Å². The van der Waals surface area contributed by atoms with Gasteiger partial charge in [0.25, 0.3) is 14.2 Å². The molecular formula is C10H16ClN3O2S. The number of hydrogen-bond donors (Lipinski definition) is 0. The van der Waals surface area contributed by atoms with Crippen LogP contribution in [0.25, 0.3) is 0 Å². The maximum Gasteiger partial charge on any atom is 0.296 e. The molecule has 0 atom stereocenters. The summed E-state index contributed by atoms with van der Waals surface area (Å²) in [6.07, 6.45) is 3.23. The van der Waals surface area contributed by atoms with Gasteiger partial charge in [0, 0.05) is 22.1 Å². The van der Waals surface area contributed by atoms with Crippen molar-refractivity contribution in [2.45, 2.75) is 56.6 Å². The minimum Gasteiger partial charge on any atom is -0.295 e. The molecule has 0 bridgehead atoms. The molecule has 17 heavy (non-hydrogen) atoms. The van der Waals surface area contributed by atoms with Crippen LogP contribution in [-0.2, 0) is 14.6 Å². The van der Waals surface area contributed by atoms with Crippen molar-refractivity contribution in [1.29, 1.82) is 0 Å². The molecule has 0 amide bonds. The summed E-state index contributed by atoms with van der Waals surface area (Å²) in [5.41, 5.74) is -0.397. The van der Waals surface area contributed by atoms with Crippen molar-refractivity contribution in [2.24, 2.45) is 0 Å². The van der Waals surface area contributed by atoms with Crippen LogP contribution in [0.4, 0.5) is 0 Å². The molecule has 1 aliphatic rings. The molecule has 0 radical (unpaired) electrons. The highest BCUT2D eigenvalue weighted by molar-refractivity contribution is 8.13. The molecule has 2 rings (SSSR count). The molecule has 0 saturated heterocycles. The van der Waals surface area contributed by atoms with Crippen LogP contribution in [0.5, 0.6) is 0 Å². The zero-order valence-electron chi connectivity index (χ0n) is 10.1. The molecular weight excluding hydrogens is 262 g/mol. The lowest BCUT2D eigenvalue weighted by Gasteiger charge is -2.30. The van der Waals surface area contributed by atoms with Crippen LogP contribution >= 0.6 is 10.7 Å². The topological polar surface area (TPSA) is 64.8 Å². The van der Waals surface area contributed by atoms with E-state index >= 15 is 0 Å². The van der Waals surface area contributed by atoms with Crippen molar-refractivity contribution in [2.75, 3.05) is 0 Å². The van der Waals surface area contributed by atoms with Crippen LogP contribution in [0.1, 0.15) is 51.8 Å². The molecule has 1 aliphatic carbocycles. The molecule has 1 aromatic heterocycles. The lowest BCUT2D eigenvalue weighted by atomic mass is 9.84. The number of aromatic nitrogens is 3. The Morgan fingerprint density at radius 2 is 1.88 bits per heavy atom. The molecule has 1 heterocycles. The molecule has 96 valence electrons. The van der Waals surface area contributed by atoms with E-state index in [2.05, 4.69) is 10.2 Å². The predicted octanol–water partition coefficient (Wildman–Crippen LogP) is 2.23. The fourth-order valence-electron chi connectivity index (χ4n) is 2.00. The summed E-state index contributed by atoms with van der Waals surface area (Å²) in [7, 11) is 1.55. The van der Waals surface area contributed by atoms with Gasteiger partial charge >= 0.3 is 0 Å². The summed E-state index contributed by atoms with van der Waals surface area (Å²) in [6, 6.07) is 0. The van der Waals surface area contributed by atoms with E-state index in [0.717, 1.165) is 25.1 Å². The van der Waals surface area contributed by atoms with E-state index in [1.807, 2.05) is 20.8 Å². The lowest BCUT2D eigenvalue weighted by molar-refractivity contribution is 0.310. The summed E-state index contributed by atoms with van der Waals surface area (Å²) in [4.78, 5) is 0. The molecule has 7 heteroatoms. The molecule has 0 spiro atoms. The van der Waals surface area contributed by atoms with Crippen LogP contribution in [0.15, 0.2) is 5.16 Å². The van der Waals surface area contributed by atoms with E-state index in [-0.39, 0.29) is 5.16 Å². The SMILES string of the molecule is CC(C)(C)n1c(C2CCC2)nnc1S(=O)(=O)Cl. The zero-order chi connectivity index (χ0) is 12.8. The minimum absolute atomic E-state index is 0.145. The van der Waals surface area contributed by atoms with Crippen LogP contribution in [-0.4, -0.2) is 23.2 Å². The maximum atomic E-state index is 11.5. The van der Waals surface area contributed by atoms with Gasteiger partial charge < -0.3 is 0 Å². The Balaban J connectivity index is 2.59. The van der Waals surface area contributed by atoms with Gasteiger partial charge in [0.2, 0.25) is 0 Å². The van der Waals surface area contributed by atoms with Crippen LogP contribution in [0.2, 0.25) is 0 Å². The highest BCUT2D eigenvalue weighted by Crippen LogP contribution is 2.38. The fourth-order valence-corrected chi connectivity index (χ4v) is 3.02. The summed E-state index contributed by atoms with van der Waals surface area (Å²) in [6.45, 7) is 5.76. The van der Waals surface area contributed by atoms with Gasteiger partial charge in [-0.15, -0.1) is 10.2 Å². The molecule has 0 N–H and O–H groups in total. The third-order valence-corrected chi connectivity index (χ3v) is 4.13. The van der Waals surface area contributed by atoms with Crippen molar-refractivity contribution in [3.05, 3.63) is 5.82 Å². The van der Waals surface area contributed by atoms with E-state index in [1.54, 1.807) is 4.57 Å². The quantitative estimate of drug-likeness (QED) is 0.778. The predicted molar refractivity (Wildman–Crippen MR) is 64.6 cm³/mol. The maximum absolute atomic E-state index is 11.5. The van der Waals surface area contributed by atoms with Gasteiger partial charge in [-0.3, -0.25) is 4.57 Å². The third-order valence-electron chi connectivity index (χ3n) is 3.02. The molecule has 5 nitrogen and oxygen atoms in total. The van der Waals surface area contributed by atoms with Crippen molar-refractivity contribution in [3.63, 3.8) is 0 Å². The monoisotopic (exact) mass is 277 g/mol. The van der Waals surface area contributed by atoms with Crippen LogP contribution in [0, 0.1) is 0 Å². The van der Waals surface area contributed by atoms with Crippen LogP contribution < -0.4 is 0 Å². The average Bonchev–Trinajstić information content (AvgIpc) is 2.42. The second kappa shape index (κ2) is 3.95. The van der Waals surface area contributed by atoms with E-state index < -0.39 is 14.6 Å². The Bertz CT molecular complexity index is 526. The standard InChI is InChI=1S/C10H16ClN3O2S/c1-10(2,3)14-8(7-5-4-6-7)12-13-9(14)17(11,15)16/h7H,4-6H2,1-3H3. The van der Waals surface area contributed by atoms with E-state index in [1.165, 1.54) is 0 Å². The van der Waals surface area contributed by atoms with Gasteiger partial charge in [-0.1, -0.05) is 6.42 Å². The Morgan fingerprint density at radius 3 is 2.24 bits per heavy atom. The van der Waals surface area contributed by atoms with Crippen molar-refractivity contribution >= 4 is 19.7 Å². The first-order chi connectivity index (χ1) is 7.71. The lowest BCUT2D eigenvalue weighted by Crippen LogP contribution is -2.29. The molecule has 1 aromatic rings. The Labute approximate surface area is 106 Å². The molecule has 1 fully saturated rings. The van der Waals surface area contributed by atoms with Gasteiger partial charge in [-0.25, -0.2) is 8.42 Å². The number of nitrogens with zero attached hydrogens (tertiary/aromatic N) is 3. The van der Waals surface area contributed by atoms with Gasteiger partial charge in [-0.05, 0) is 33.6 Å². The summed E-state index contributed by atoms with van der Waals surface area (Å²) in [5, 5.41) is 7.63. The first kappa shape index (κ1) is 12.8. The fraction of sp³-hybridized carbons (Fsp3) is 0.800. The summed E-state index contributed by atoms with van der Waals surface area (Å²) in [5.74, 6) is 1.05. The molecule has 0 unspecified atom stereocenters. The second-order valence-corrected chi connectivity index (χ2v) is 7.87. The Hall–Kier alpha value is -0.620. The van der Waals surface area contributed by atoms with E-state index in [4.69, 9.17) is 10.7 Å². The normalized spacial score (nSPS) is 18.1. The van der Waals surface area contributed by atoms with Crippen molar-refractivity contribution < 1.29 is 8.42 Å². The third kappa shape index (κ3) is 2.33. The minimum atomic E-state index is -3.85. The smallest absolute Gasteiger partial charge is 0.295 e. The number of hydrogen-bond acceptors (Lipinski definition) is 4. The first-order valence-corrected chi connectivity index (χ1v) is 7.92. The summed E-state index contributed by atoms with van der Waals surface area (Å²) < 4.78 is 24.6. The van der Waals surface area contributed by atoms with E-state index in [0.29, 0.717) is 5.92 Å². The highest BCUT2D eigenvalue weighted by atomic mass is 35.7. The van der Waals surface area contributed by atoms with E-state index in [9.17, 15) is 8.42 Å². The molecule has 0 aliphatic heterocycles. The van der Waals surface area contributed by atoms with Gasteiger partial charge in [0.1, 0.15) is 5.82 Å². The van der Waals surface area contributed by atoms with Gasteiger partial charge in [0.05, 0.1) is 0 Å². The Kier molecular flexibility index (Phi) is 2.98. The zero-order valence-corrected chi connectivity index (χ0v) is 11.7. The molecule has 1 saturated carbocycles.